The van der Waals surface area contributed by atoms with Gasteiger partial charge in [-0.05, 0) is 12.5 Å². The molecule has 7 heteroatoms. The number of amides is 3. The van der Waals surface area contributed by atoms with E-state index in [-0.39, 0.29) is 24.5 Å². The lowest BCUT2D eigenvalue weighted by atomic mass is 10.1. The van der Waals surface area contributed by atoms with Crippen molar-refractivity contribution in [2.75, 3.05) is 26.7 Å². The summed E-state index contributed by atoms with van der Waals surface area (Å²) in [6, 6.07) is 9.79. The highest BCUT2D eigenvalue weighted by Gasteiger charge is 2.27. The van der Waals surface area contributed by atoms with Crippen LogP contribution in [0, 0.1) is 0 Å². The molecular formula is C15H21N5O2. The minimum atomic E-state index is -0.340. The van der Waals surface area contributed by atoms with Crippen molar-refractivity contribution < 1.29 is 9.59 Å². The van der Waals surface area contributed by atoms with Crippen molar-refractivity contribution in [3.05, 3.63) is 35.9 Å². The van der Waals surface area contributed by atoms with Gasteiger partial charge in [0, 0.05) is 20.1 Å². The van der Waals surface area contributed by atoms with Crippen molar-refractivity contribution in [3.63, 3.8) is 0 Å². The van der Waals surface area contributed by atoms with Crippen LogP contribution >= 0.6 is 0 Å². The fourth-order valence-corrected chi connectivity index (χ4v) is 2.19. The Hall–Kier alpha value is -2.57. The third-order valence-corrected chi connectivity index (χ3v) is 3.44. The summed E-state index contributed by atoms with van der Waals surface area (Å²) in [6.45, 7) is 2.88. The molecule has 1 atom stereocenters. The molecule has 0 saturated carbocycles. The molecule has 1 heterocycles. The molecule has 3 N–H and O–H groups in total. The maximum atomic E-state index is 11.5. The second kappa shape index (κ2) is 7.44. The lowest BCUT2D eigenvalue weighted by Crippen LogP contribution is -2.43. The topological polar surface area (TPSA) is 85.8 Å². The van der Waals surface area contributed by atoms with Gasteiger partial charge in [0.2, 0.25) is 5.91 Å². The molecular weight excluding hydrogens is 282 g/mol. The standard InChI is InChI=1S/C15H21N5O2/c1-11(12-6-4-3-5-7-12)19-14(16-2)17-8-9-20-13(21)10-18-15(20)22/h3-7,11H,8-10H2,1-2H3,(H,18,22)(H2,16,17,19). The van der Waals surface area contributed by atoms with Gasteiger partial charge >= 0.3 is 6.03 Å². The Kier molecular flexibility index (Phi) is 5.35. The zero-order chi connectivity index (χ0) is 15.9. The van der Waals surface area contributed by atoms with E-state index < -0.39 is 0 Å². The van der Waals surface area contributed by atoms with Crippen molar-refractivity contribution >= 4 is 17.9 Å². The highest BCUT2D eigenvalue weighted by atomic mass is 16.2. The van der Waals surface area contributed by atoms with Crippen LogP contribution in [0.1, 0.15) is 18.5 Å². The summed E-state index contributed by atoms with van der Waals surface area (Å²) >= 11 is 0. The van der Waals surface area contributed by atoms with Gasteiger partial charge in [-0.15, -0.1) is 0 Å². The normalized spacial score (nSPS) is 16.5. The number of rotatable bonds is 5. The monoisotopic (exact) mass is 303 g/mol. The van der Waals surface area contributed by atoms with Crippen molar-refractivity contribution in [1.82, 2.24) is 20.9 Å². The Labute approximate surface area is 129 Å². The molecule has 1 aliphatic heterocycles. The molecule has 7 nitrogen and oxygen atoms in total. The Bertz CT molecular complexity index is 542. The zero-order valence-corrected chi connectivity index (χ0v) is 12.8. The quantitative estimate of drug-likeness (QED) is 0.419. The Balaban J connectivity index is 1.80. The third-order valence-electron chi connectivity index (χ3n) is 3.44. The predicted molar refractivity (Wildman–Crippen MR) is 84.5 cm³/mol. The molecule has 1 aromatic rings. The number of carbonyl (C=O) groups is 2. The number of benzene rings is 1. The summed E-state index contributed by atoms with van der Waals surface area (Å²) < 4.78 is 0. The van der Waals surface area contributed by atoms with Crippen molar-refractivity contribution in [1.29, 1.82) is 0 Å². The molecule has 0 aliphatic carbocycles. The van der Waals surface area contributed by atoms with Gasteiger partial charge in [0.15, 0.2) is 5.96 Å². The molecule has 3 amide bonds. The summed E-state index contributed by atoms with van der Waals surface area (Å²) in [4.78, 5) is 28.2. The van der Waals surface area contributed by atoms with Gasteiger partial charge in [-0.1, -0.05) is 30.3 Å². The Morgan fingerprint density at radius 1 is 1.36 bits per heavy atom. The van der Waals surface area contributed by atoms with Crippen LogP contribution < -0.4 is 16.0 Å². The van der Waals surface area contributed by atoms with Gasteiger partial charge in [0.25, 0.3) is 0 Å². The van der Waals surface area contributed by atoms with E-state index in [9.17, 15) is 9.59 Å². The van der Waals surface area contributed by atoms with E-state index in [1.165, 1.54) is 4.90 Å². The number of hydrogen-bond acceptors (Lipinski definition) is 3. The van der Waals surface area contributed by atoms with Gasteiger partial charge in [0.05, 0.1) is 12.6 Å². The number of guanidine groups is 1. The fourth-order valence-electron chi connectivity index (χ4n) is 2.19. The van der Waals surface area contributed by atoms with Crippen LogP contribution in [0.2, 0.25) is 0 Å². The molecule has 0 bridgehead atoms. The highest BCUT2D eigenvalue weighted by molar-refractivity contribution is 6.01. The van der Waals surface area contributed by atoms with E-state index in [0.29, 0.717) is 19.0 Å². The molecule has 22 heavy (non-hydrogen) atoms. The van der Waals surface area contributed by atoms with Gasteiger partial charge in [0.1, 0.15) is 0 Å². The number of carbonyl (C=O) groups excluding carboxylic acids is 2. The molecule has 2 rings (SSSR count). The van der Waals surface area contributed by atoms with Crippen molar-refractivity contribution in [3.8, 4) is 0 Å². The second-order valence-electron chi connectivity index (χ2n) is 4.98. The molecule has 0 spiro atoms. The first kappa shape index (κ1) is 15.8. The summed E-state index contributed by atoms with van der Waals surface area (Å²) in [5.41, 5.74) is 1.15. The number of imide groups is 1. The van der Waals surface area contributed by atoms with Crippen LogP contribution in [-0.4, -0.2) is 49.5 Å². The molecule has 1 saturated heterocycles. The van der Waals surface area contributed by atoms with Crippen LogP contribution in [0.5, 0.6) is 0 Å². The first-order chi connectivity index (χ1) is 10.6. The van der Waals surface area contributed by atoms with Gasteiger partial charge in [-0.25, -0.2) is 4.79 Å². The van der Waals surface area contributed by atoms with Crippen molar-refractivity contribution in [2.45, 2.75) is 13.0 Å². The highest BCUT2D eigenvalue weighted by Crippen LogP contribution is 2.10. The maximum Gasteiger partial charge on any atom is 0.324 e. The molecule has 118 valence electrons. The van der Waals surface area contributed by atoms with Gasteiger partial charge in [-0.3, -0.25) is 14.7 Å². The number of hydrogen-bond donors (Lipinski definition) is 3. The predicted octanol–water partition coefficient (Wildman–Crippen LogP) is 0.464. The average molecular weight is 303 g/mol. The maximum absolute atomic E-state index is 11.5. The first-order valence-corrected chi connectivity index (χ1v) is 7.22. The minimum absolute atomic E-state index is 0.0802. The van der Waals surface area contributed by atoms with E-state index >= 15 is 0 Å². The molecule has 0 aromatic heterocycles. The van der Waals surface area contributed by atoms with Crippen LogP contribution in [0.3, 0.4) is 0 Å². The van der Waals surface area contributed by atoms with Crippen LogP contribution in [0.4, 0.5) is 4.79 Å². The number of aliphatic imine (C=N–C) groups is 1. The van der Waals surface area contributed by atoms with Crippen LogP contribution in [0.15, 0.2) is 35.3 Å². The lowest BCUT2D eigenvalue weighted by molar-refractivity contribution is -0.124. The first-order valence-electron chi connectivity index (χ1n) is 7.22. The van der Waals surface area contributed by atoms with Crippen LogP contribution in [0.25, 0.3) is 0 Å². The summed E-state index contributed by atoms with van der Waals surface area (Å²) in [6.07, 6.45) is 0. The largest absolute Gasteiger partial charge is 0.355 e. The smallest absolute Gasteiger partial charge is 0.324 e. The SMILES string of the molecule is CN=C(NCCN1C(=O)CNC1=O)NC(C)c1ccccc1. The summed E-state index contributed by atoms with van der Waals surface area (Å²) in [5.74, 6) is 0.427. The summed E-state index contributed by atoms with van der Waals surface area (Å²) in [5, 5.41) is 8.86. The fraction of sp³-hybridized carbons (Fsp3) is 0.400. The van der Waals surface area contributed by atoms with E-state index in [2.05, 4.69) is 20.9 Å². The van der Waals surface area contributed by atoms with E-state index in [0.717, 1.165) is 5.56 Å². The number of nitrogens with one attached hydrogen (secondary N) is 3. The molecule has 1 unspecified atom stereocenters. The van der Waals surface area contributed by atoms with Crippen molar-refractivity contribution in [2.24, 2.45) is 4.99 Å². The molecule has 1 aromatic carbocycles. The van der Waals surface area contributed by atoms with E-state index in [1.54, 1.807) is 7.05 Å². The number of urea groups is 1. The molecule has 0 radical (unpaired) electrons. The van der Waals surface area contributed by atoms with Gasteiger partial charge < -0.3 is 16.0 Å². The van der Waals surface area contributed by atoms with Crippen LogP contribution in [-0.2, 0) is 4.79 Å². The Morgan fingerprint density at radius 2 is 2.09 bits per heavy atom. The lowest BCUT2D eigenvalue weighted by Gasteiger charge is -2.19. The molecule has 1 aliphatic rings. The number of nitrogens with zero attached hydrogens (tertiary/aromatic N) is 2. The van der Waals surface area contributed by atoms with Gasteiger partial charge in [-0.2, -0.15) is 0 Å². The summed E-state index contributed by atoms with van der Waals surface area (Å²) in [7, 11) is 1.68. The van der Waals surface area contributed by atoms with E-state index in [1.807, 2.05) is 37.3 Å². The Morgan fingerprint density at radius 3 is 2.68 bits per heavy atom. The molecule has 1 fully saturated rings. The average Bonchev–Trinajstić information content (AvgIpc) is 2.86. The third kappa shape index (κ3) is 3.97. The zero-order valence-electron chi connectivity index (χ0n) is 12.8. The van der Waals surface area contributed by atoms with E-state index in [4.69, 9.17) is 0 Å². The second-order valence-corrected chi connectivity index (χ2v) is 4.98. The minimum Gasteiger partial charge on any atom is -0.355 e.